The topological polar surface area (TPSA) is 78.5 Å². The number of nitrogens with one attached hydrogen (secondary N) is 2. The SMILES string of the molecule is CC(=O)Nc1ccc(N2C[C@H](C(=O)NC(C)C)CC2=O)cc1. The first kappa shape index (κ1) is 16.0. The summed E-state index contributed by atoms with van der Waals surface area (Å²) >= 11 is 0. The van der Waals surface area contributed by atoms with E-state index in [0.717, 1.165) is 5.69 Å². The summed E-state index contributed by atoms with van der Waals surface area (Å²) in [4.78, 5) is 36.7. The molecule has 0 aromatic heterocycles. The van der Waals surface area contributed by atoms with E-state index in [0.29, 0.717) is 12.2 Å². The molecular formula is C16H21N3O3. The van der Waals surface area contributed by atoms with E-state index < -0.39 is 0 Å². The molecule has 1 saturated heterocycles. The maximum absolute atomic E-state index is 12.1. The largest absolute Gasteiger partial charge is 0.354 e. The van der Waals surface area contributed by atoms with Crippen molar-refractivity contribution < 1.29 is 14.4 Å². The lowest BCUT2D eigenvalue weighted by Gasteiger charge is -2.17. The minimum atomic E-state index is -0.315. The predicted molar refractivity (Wildman–Crippen MR) is 84.5 cm³/mol. The van der Waals surface area contributed by atoms with Crippen LogP contribution >= 0.6 is 0 Å². The Morgan fingerprint density at radius 2 is 1.86 bits per heavy atom. The summed E-state index contributed by atoms with van der Waals surface area (Å²) < 4.78 is 0. The highest BCUT2D eigenvalue weighted by Gasteiger charge is 2.35. The van der Waals surface area contributed by atoms with Gasteiger partial charge in [-0.3, -0.25) is 14.4 Å². The van der Waals surface area contributed by atoms with Crippen LogP contribution in [0.1, 0.15) is 27.2 Å². The highest BCUT2D eigenvalue weighted by Crippen LogP contribution is 2.26. The van der Waals surface area contributed by atoms with Crippen LogP contribution in [0.3, 0.4) is 0 Å². The highest BCUT2D eigenvalue weighted by atomic mass is 16.2. The lowest BCUT2D eigenvalue weighted by molar-refractivity contribution is -0.126. The zero-order valence-corrected chi connectivity index (χ0v) is 13.1. The predicted octanol–water partition coefficient (Wildman–Crippen LogP) is 1.52. The molecule has 1 heterocycles. The minimum Gasteiger partial charge on any atom is -0.354 e. The van der Waals surface area contributed by atoms with Crippen LogP contribution in [0.15, 0.2) is 24.3 Å². The Morgan fingerprint density at radius 1 is 1.23 bits per heavy atom. The smallest absolute Gasteiger partial charge is 0.227 e. The van der Waals surface area contributed by atoms with E-state index in [1.807, 2.05) is 13.8 Å². The molecule has 22 heavy (non-hydrogen) atoms. The molecule has 0 aliphatic carbocycles. The van der Waals surface area contributed by atoms with Gasteiger partial charge in [-0.1, -0.05) is 0 Å². The number of benzene rings is 1. The molecule has 2 N–H and O–H groups in total. The van der Waals surface area contributed by atoms with Crippen molar-refractivity contribution in [2.24, 2.45) is 5.92 Å². The number of carbonyl (C=O) groups excluding carboxylic acids is 3. The van der Waals surface area contributed by atoms with Crippen molar-refractivity contribution in [1.29, 1.82) is 0 Å². The Balaban J connectivity index is 2.05. The Kier molecular flexibility index (Phi) is 4.80. The Bertz CT molecular complexity index is 581. The number of hydrogen-bond donors (Lipinski definition) is 2. The Morgan fingerprint density at radius 3 is 2.41 bits per heavy atom. The van der Waals surface area contributed by atoms with Crippen LogP contribution in [0.2, 0.25) is 0 Å². The summed E-state index contributed by atoms with van der Waals surface area (Å²) in [7, 11) is 0. The van der Waals surface area contributed by atoms with Gasteiger partial charge in [0.05, 0.1) is 5.92 Å². The average molecular weight is 303 g/mol. The molecule has 0 unspecified atom stereocenters. The van der Waals surface area contributed by atoms with Crippen molar-refractivity contribution in [3.63, 3.8) is 0 Å². The average Bonchev–Trinajstić information content (AvgIpc) is 2.80. The van der Waals surface area contributed by atoms with E-state index in [9.17, 15) is 14.4 Å². The molecule has 1 aliphatic heterocycles. The van der Waals surface area contributed by atoms with Crippen LogP contribution in [-0.2, 0) is 14.4 Å². The van der Waals surface area contributed by atoms with Crippen LogP contribution in [0.25, 0.3) is 0 Å². The molecule has 1 fully saturated rings. The molecule has 2 rings (SSSR count). The molecule has 1 aliphatic rings. The molecule has 0 saturated carbocycles. The van der Waals surface area contributed by atoms with Crippen LogP contribution in [0, 0.1) is 5.92 Å². The first-order chi connectivity index (χ1) is 10.4. The summed E-state index contributed by atoms with van der Waals surface area (Å²) in [5, 5.41) is 5.52. The third kappa shape index (κ3) is 3.84. The quantitative estimate of drug-likeness (QED) is 0.885. The first-order valence-electron chi connectivity index (χ1n) is 7.35. The summed E-state index contributed by atoms with van der Waals surface area (Å²) in [6, 6.07) is 7.09. The second-order valence-electron chi connectivity index (χ2n) is 5.80. The molecule has 0 radical (unpaired) electrons. The number of anilines is 2. The molecule has 1 aromatic rings. The number of rotatable bonds is 4. The van der Waals surface area contributed by atoms with E-state index >= 15 is 0 Å². The molecule has 6 heteroatoms. The van der Waals surface area contributed by atoms with Gasteiger partial charge in [0.2, 0.25) is 17.7 Å². The van der Waals surface area contributed by atoms with Gasteiger partial charge in [-0.05, 0) is 38.1 Å². The number of amides is 3. The fourth-order valence-corrected chi connectivity index (χ4v) is 2.46. The molecular weight excluding hydrogens is 282 g/mol. The van der Waals surface area contributed by atoms with Crippen molar-refractivity contribution in [1.82, 2.24) is 5.32 Å². The van der Waals surface area contributed by atoms with Gasteiger partial charge in [-0.15, -0.1) is 0 Å². The van der Waals surface area contributed by atoms with Gasteiger partial charge in [-0.25, -0.2) is 0 Å². The van der Waals surface area contributed by atoms with Crippen molar-refractivity contribution >= 4 is 29.1 Å². The van der Waals surface area contributed by atoms with Crippen LogP contribution in [0.4, 0.5) is 11.4 Å². The molecule has 118 valence electrons. The number of hydrogen-bond acceptors (Lipinski definition) is 3. The number of carbonyl (C=O) groups is 3. The molecule has 6 nitrogen and oxygen atoms in total. The molecule has 0 spiro atoms. The third-order valence-electron chi connectivity index (χ3n) is 3.43. The lowest BCUT2D eigenvalue weighted by Crippen LogP contribution is -2.36. The highest BCUT2D eigenvalue weighted by molar-refractivity contribution is 6.00. The summed E-state index contributed by atoms with van der Waals surface area (Å²) in [5.74, 6) is -0.600. The van der Waals surface area contributed by atoms with Crippen LogP contribution < -0.4 is 15.5 Å². The van der Waals surface area contributed by atoms with E-state index in [-0.39, 0.29) is 36.1 Å². The first-order valence-corrected chi connectivity index (χ1v) is 7.35. The van der Waals surface area contributed by atoms with Gasteiger partial charge in [0.1, 0.15) is 0 Å². The normalized spacial score (nSPS) is 17.7. The van der Waals surface area contributed by atoms with Crippen molar-refractivity contribution in [3.05, 3.63) is 24.3 Å². The van der Waals surface area contributed by atoms with Gasteiger partial charge in [-0.2, -0.15) is 0 Å². The summed E-state index contributed by atoms with van der Waals surface area (Å²) in [6.07, 6.45) is 0.228. The van der Waals surface area contributed by atoms with Crippen molar-refractivity contribution in [3.8, 4) is 0 Å². The second-order valence-corrected chi connectivity index (χ2v) is 5.80. The van der Waals surface area contributed by atoms with Gasteiger partial charge in [0.15, 0.2) is 0 Å². The summed E-state index contributed by atoms with van der Waals surface area (Å²) in [6.45, 7) is 5.62. The van der Waals surface area contributed by atoms with Crippen molar-refractivity contribution in [2.75, 3.05) is 16.8 Å². The van der Waals surface area contributed by atoms with Gasteiger partial charge >= 0.3 is 0 Å². The fourth-order valence-electron chi connectivity index (χ4n) is 2.46. The Hall–Kier alpha value is -2.37. The van der Waals surface area contributed by atoms with E-state index in [1.54, 1.807) is 29.2 Å². The van der Waals surface area contributed by atoms with Crippen LogP contribution in [-0.4, -0.2) is 30.3 Å². The molecule has 3 amide bonds. The van der Waals surface area contributed by atoms with E-state index in [2.05, 4.69) is 10.6 Å². The fraction of sp³-hybridized carbons (Fsp3) is 0.438. The van der Waals surface area contributed by atoms with E-state index in [1.165, 1.54) is 6.92 Å². The van der Waals surface area contributed by atoms with Gasteiger partial charge in [0.25, 0.3) is 0 Å². The van der Waals surface area contributed by atoms with Gasteiger partial charge in [0, 0.05) is 37.3 Å². The van der Waals surface area contributed by atoms with Crippen LogP contribution in [0.5, 0.6) is 0 Å². The molecule has 1 atom stereocenters. The van der Waals surface area contributed by atoms with Crippen molar-refractivity contribution in [2.45, 2.75) is 33.2 Å². The zero-order valence-electron chi connectivity index (χ0n) is 13.1. The van der Waals surface area contributed by atoms with Gasteiger partial charge < -0.3 is 15.5 Å². The zero-order chi connectivity index (χ0) is 16.3. The minimum absolute atomic E-state index is 0.0591. The molecule has 0 bridgehead atoms. The second kappa shape index (κ2) is 6.60. The Labute approximate surface area is 129 Å². The maximum atomic E-state index is 12.1. The lowest BCUT2D eigenvalue weighted by atomic mass is 10.1. The van der Waals surface area contributed by atoms with E-state index in [4.69, 9.17) is 0 Å². The maximum Gasteiger partial charge on any atom is 0.227 e. The standard InChI is InChI=1S/C16H21N3O3/c1-10(2)17-16(22)12-8-15(21)19(9-12)14-6-4-13(5-7-14)18-11(3)20/h4-7,10,12H,8-9H2,1-3H3,(H,17,22)(H,18,20)/t12-/m1/s1. The number of nitrogens with zero attached hydrogens (tertiary/aromatic N) is 1. The third-order valence-corrected chi connectivity index (χ3v) is 3.43. The molecule has 1 aromatic carbocycles. The monoisotopic (exact) mass is 303 g/mol. The summed E-state index contributed by atoms with van der Waals surface area (Å²) in [5.41, 5.74) is 1.41.